The number of rotatable bonds is 2. The maximum absolute atomic E-state index is 12.3. The summed E-state index contributed by atoms with van der Waals surface area (Å²) in [5.41, 5.74) is -0.0208. The molecule has 4 fully saturated rings. The summed E-state index contributed by atoms with van der Waals surface area (Å²) in [4.78, 5) is 36.4. The Bertz CT molecular complexity index is 625. The van der Waals surface area contributed by atoms with Crippen LogP contribution in [0, 0.1) is 40.4 Å². The Morgan fingerprint density at radius 3 is 2.44 bits per heavy atom. The number of ketones is 3. The number of carbonyl (C=O) groups excluding carboxylic acids is 3. The number of aliphatic hydroxyl groups is 1. The van der Waals surface area contributed by atoms with Gasteiger partial charge in [-0.15, -0.1) is 0 Å². The standard InChI is InChI=1S/C21H30O4/c1-20-8-7-15-13(14(20)5-6-16(20)19(25)11-22)4-3-12-9-17(23)18(24)10-21(12,15)2/h12-16,22H,3-11H2,1-2H3/t12?,13-,14-,15-,16+,20-,21-/m0/s1. The third-order valence-electron chi connectivity index (χ3n) is 8.89. The topological polar surface area (TPSA) is 71.4 Å². The van der Waals surface area contributed by atoms with Crippen molar-refractivity contribution >= 4 is 17.3 Å². The fraction of sp³-hybridized carbons (Fsp3) is 0.857. The highest BCUT2D eigenvalue weighted by atomic mass is 16.3. The van der Waals surface area contributed by atoms with Crippen molar-refractivity contribution in [2.45, 2.75) is 65.2 Å². The van der Waals surface area contributed by atoms with Crippen LogP contribution in [0.1, 0.15) is 65.2 Å². The van der Waals surface area contributed by atoms with Gasteiger partial charge in [0.2, 0.25) is 0 Å². The van der Waals surface area contributed by atoms with Crippen molar-refractivity contribution in [2.75, 3.05) is 6.61 Å². The quantitative estimate of drug-likeness (QED) is 0.780. The summed E-state index contributed by atoms with van der Waals surface area (Å²) in [6.07, 6.45) is 7.10. The van der Waals surface area contributed by atoms with E-state index in [4.69, 9.17) is 0 Å². The third-order valence-corrected chi connectivity index (χ3v) is 8.89. The van der Waals surface area contributed by atoms with E-state index in [2.05, 4.69) is 13.8 Å². The lowest BCUT2D eigenvalue weighted by Gasteiger charge is -2.59. The minimum absolute atomic E-state index is 0.00328. The van der Waals surface area contributed by atoms with Gasteiger partial charge in [-0.2, -0.15) is 0 Å². The minimum Gasteiger partial charge on any atom is -0.389 e. The van der Waals surface area contributed by atoms with Gasteiger partial charge in [0, 0.05) is 18.8 Å². The molecule has 4 aliphatic rings. The van der Waals surface area contributed by atoms with Gasteiger partial charge in [0.15, 0.2) is 17.3 Å². The molecule has 25 heavy (non-hydrogen) atoms. The van der Waals surface area contributed by atoms with Gasteiger partial charge in [0.25, 0.3) is 0 Å². The summed E-state index contributed by atoms with van der Waals surface area (Å²) in [5, 5.41) is 9.36. The van der Waals surface area contributed by atoms with Crippen LogP contribution in [-0.4, -0.2) is 29.1 Å². The van der Waals surface area contributed by atoms with Crippen LogP contribution in [0.5, 0.6) is 0 Å². The first-order valence-corrected chi connectivity index (χ1v) is 10.0. The first-order chi connectivity index (χ1) is 11.8. The Kier molecular flexibility index (Phi) is 3.99. The Morgan fingerprint density at radius 2 is 1.72 bits per heavy atom. The highest BCUT2D eigenvalue weighted by Gasteiger charge is 2.61. The second kappa shape index (κ2) is 5.73. The van der Waals surface area contributed by atoms with E-state index in [1.54, 1.807) is 0 Å². The zero-order chi connectivity index (χ0) is 18.0. The maximum atomic E-state index is 12.3. The molecule has 0 aliphatic heterocycles. The van der Waals surface area contributed by atoms with Crippen molar-refractivity contribution in [3.05, 3.63) is 0 Å². The first kappa shape index (κ1) is 17.4. The van der Waals surface area contributed by atoms with Gasteiger partial charge in [-0.1, -0.05) is 13.8 Å². The normalized spacial score (nSPS) is 49.3. The highest BCUT2D eigenvalue weighted by Crippen LogP contribution is 2.67. The summed E-state index contributed by atoms with van der Waals surface area (Å²) in [5.74, 6) is 1.66. The molecule has 4 aliphatic carbocycles. The van der Waals surface area contributed by atoms with Crippen molar-refractivity contribution in [2.24, 2.45) is 40.4 Å². The van der Waals surface area contributed by atoms with E-state index in [-0.39, 0.29) is 40.7 Å². The van der Waals surface area contributed by atoms with E-state index in [1.165, 1.54) is 0 Å². The lowest BCUT2D eigenvalue weighted by molar-refractivity contribution is -0.155. The predicted molar refractivity (Wildman–Crippen MR) is 92.7 cm³/mol. The molecule has 1 N–H and O–H groups in total. The number of hydrogen-bond donors (Lipinski definition) is 1. The summed E-state index contributed by atoms with van der Waals surface area (Å²) in [6.45, 7) is 4.19. The molecule has 4 rings (SSSR count). The second-order valence-electron chi connectivity index (χ2n) is 9.68. The van der Waals surface area contributed by atoms with E-state index in [0.717, 1.165) is 38.5 Å². The molecule has 0 bridgehead atoms. The molecule has 1 unspecified atom stereocenters. The maximum Gasteiger partial charge on any atom is 0.198 e. The van der Waals surface area contributed by atoms with Gasteiger partial charge >= 0.3 is 0 Å². The average molecular weight is 346 g/mol. The van der Waals surface area contributed by atoms with Crippen molar-refractivity contribution in [1.29, 1.82) is 0 Å². The highest BCUT2D eigenvalue weighted by molar-refractivity contribution is 6.38. The van der Waals surface area contributed by atoms with E-state index < -0.39 is 0 Å². The molecule has 0 spiro atoms. The molecular weight excluding hydrogens is 316 g/mol. The van der Waals surface area contributed by atoms with E-state index in [1.807, 2.05) is 0 Å². The van der Waals surface area contributed by atoms with Crippen LogP contribution in [0.3, 0.4) is 0 Å². The van der Waals surface area contributed by atoms with Gasteiger partial charge in [-0.3, -0.25) is 14.4 Å². The molecule has 0 saturated heterocycles. The van der Waals surface area contributed by atoms with Crippen molar-refractivity contribution in [1.82, 2.24) is 0 Å². The summed E-state index contributed by atoms with van der Waals surface area (Å²) < 4.78 is 0. The molecule has 0 radical (unpaired) electrons. The fourth-order valence-electron chi connectivity index (χ4n) is 7.57. The number of carbonyl (C=O) groups is 3. The molecule has 7 atom stereocenters. The number of aliphatic hydroxyl groups excluding tert-OH is 1. The molecule has 4 saturated carbocycles. The minimum atomic E-state index is -0.336. The Labute approximate surface area is 149 Å². The molecule has 0 aromatic heterocycles. The molecule has 0 amide bonds. The summed E-state index contributed by atoms with van der Waals surface area (Å²) in [6, 6.07) is 0. The van der Waals surface area contributed by atoms with E-state index >= 15 is 0 Å². The molecule has 0 heterocycles. The van der Waals surface area contributed by atoms with Crippen LogP contribution in [0.15, 0.2) is 0 Å². The van der Waals surface area contributed by atoms with Crippen molar-refractivity contribution in [3.8, 4) is 0 Å². The third kappa shape index (κ3) is 2.32. The number of hydrogen-bond acceptors (Lipinski definition) is 4. The Balaban J connectivity index is 1.63. The van der Waals surface area contributed by atoms with Crippen LogP contribution in [0.25, 0.3) is 0 Å². The van der Waals surface area contributed by atoms with Crippen LogP contribution < -0.4 is 0 Å². The van der Waals surface area contributed by atoms with Gasteiger partial charge in [0.05, 0.1) is 0 Å². The summed E-state index contributed by atoms with van der Waals surface area (Å²) in [7, 11) is 0. The molecule has 4 heteroatoms. The van der Waals surface area contributed by atoms with Gasteiger partial charge < -0.3 is 5.11 Å². The lowest BCUT2D eigenvalue weighted by Crippen LogP contribution is -2.55. The monoisotopic (exact) mass is 346 g/mol. The zero-order valence-corrected chi connectivity index (χ0v) is 15.4. The molecule has 4 nitrogen and oxygen atoms in total. The van der Waals surface area contributed by atoms with Crippen LogP contribution >= 0.6 is 0 Å². The smallest absolute Gasteiger partial charge is 0.198 e. The Hall–Kier alpha value is -1.03. The van der Waals surface area contributed by atoms with Gasteiger partial charge in [-0.25, -0.2) is 0 Å². The first-order valence-electron chi connectivity index (χ1n) is 10.0. The predicted octanol–water partition coefficient (Wildman–Crippen LogP) is 2.95. The molecule has 138 valence electrons. The fourth-order valence-corrected chi connectivity index (χ4v) is 7.57. The van der Waals surface area contributed by atoms with Crippen molar-refractivity contribution < 1.29 is 19.5 Å². The average Bonchev–Trinajstić information content (AvgIpc) is 2.93. The molecular formula is C21H30O4. The van der Waals surface area contributed by atoms with E-state index in [9.17, 15) is 19.5 Å². The number of fused-ring (bicyclic) bond motifs is 5. The largest absolute Gasteiger partial charge is 0.389 e. The Morgan fingerprint density at radius 1 is 1.00 bits per heavy atom. The molecule has 0 aromatic rings. The van der Waals surface area contributed by atoms with Gasteiger partial charge in [-0.05, 0) is 73.0 Å². The van der Waals surface area contributed by atoms with E-state index in [0.29, 0.717) is 36.5 Å². The van der Waals surface area contributed by atoms with Crippen molar-refractivity contribution in [3.63, 3.8) is 0 Å². The SMILES string of the molecule is C[C@]12CC[C@H]3[C@@H](CCC4CC(=O)C(=O)C[C@@]43C)[C@@H]1CC[C@@H]2C(=O)CO. The van der Waals surface area contributed by atoms with Crippen LogP contribution in [0.4, 0.5) is 0 Å². The zero-order valence-electron chi connectivity index (χ0n) is 15.4. The number of Topliss-reactive ketones (excluding diaryl/α,β-unsaturated/α-hetero) is 3. The van der Waals surface area contributed by atoms with Gasteiger partial charge in [0.1, 0.15) is 6.61 Å². The second-order valence-corrected chi connectivity index (χ2v) is 9.68. The van der Waals surface area contributed by atoms with Crippen LogP contribution in [0.2, 0.25) is 0 Å². The summed E-state index contributed by atoms with van der Waals surface area (Å²) >= 11 is 0. The lowest BCUT2D eigenvalue weighted by atomic mass is 9.44. The van der Waals surface area contributed by atoms with Crippen LogP contribution in [-0.2, 0) is 14.4 Å². The molecule has 0 aromatic carbocycles.